The summed E-state index contributed by atoms with van der Waals surface area (Å²) in [5.41, 5.74) is 2.49. The number of carbonyl (C=O) groups excluding carboxylic acids is 2. The molecule has 0 aromatic heterocycles. The third-order valence-electron chi connectivity index (χ3n) is 6.74. The highest BCUT2D eigenvalue weighted by Gasteiger charge is 2.10. The van der Waals surface area contributed by atoms with E-state index in [0.717, 1.165) is 31.2 Å². The zero-order valence-corrected chi connectivity index (χ0v) is 23.2. The summed E-state index contributed by atoms with van der Waals surface area (Å²) in [4.78, 5) is 25.0. The van der Waals surface area contributed by atoms with Crippen LogP contribution < -0.4 is 10.6 Å². The highest BCUT2D eigenvalue weighted by atomic mass is 16.2. The minimum atomic E-state index is 0.0336. The number of aryl methyl sites for hydroxylation is 1. The number of benzene rings is 1. The van der Waals surface area contributed by atoms with Gasteiger partial charge in [-0.05, 0) is 37.5 Å². The molecule has 4 heteroatoms. The first kappa shape index (κ1) is 31.2. The zero-order chi connectivity index (χ0) is 25.6. The Morgan fingerprint density at radius 1 is 0.543 bits per heavy atom. The van der Waals surface area contributed by atoms with Gasteiger partial charge in [0, 0.05) is 12.8 Å². The summed E-state index contributed by atoms with van der Waals surface area (Å²) in [5.74, 6) is 0.0687. The molecule has 200 valence electrons. The van der Waals surface area contributed by atoms with Gasteiger partial charge in [0.05, 0.1) is 11.4 Å². The highest BCUT2D eigenvalue weighted by Crippen LogP contribution is 2.24. The summed E-state index contributed by atoms with van der Waals surface area (Å²) >= 11 is 0. The van der Waals surface area contributed by atoms with Gasteiger partial charge in [-0.3, -0.25) is 9.59 Å². The number of nitrogens with one attached hydrogen (secondary N) is 2. The summed E-state index contributed by atoms with van der Waals surface area (Å²) in [6, 6.07) is 5.82. The topological polar surface area (TPSA) is 58.2 Å². The third kappa shape index (κ3) is 17.3. The quantitative estimate of drug-likeness (QED) is 0.160. The highest BCUT2D eigenvalue weighted by molar-refractivity contribution is 5.99. The monoisotopic (exact) mass is 486 g/mol. The minimum Gasteiger partial charge on any atom is -0.324 e. The van der Waals surface area contributed by atoms with E-state index in [4.69, 9.17) is 0 Å². The molecule has 0 saturated heterocycles. The number of anilines is 2. The molecule has 0 radical (unpaired) electrons. The molecule has 0 spiro atoms. The second-order valence-electron chi connectivity index (χ2n) is 10.3. The molecule has 0 saturated carbocycles. The van der Waals surface area contributed by atoms with E-state index in [1.165, 1.54) is 89.9 Å². The van der Waals surface area contributed by atoms with Crippen molar-refractivity contribution in [1.29, 1.82) is 0 Å². The van der Waals surface area contributed by atoms with Crippen molar-refractivity contribution in [3.8, 4) is 0 Å². The fourth-order valence-corrected chi connectivity index (χ4v) is 4.49. The summed E-state index contributed by atoms with van der Waals surface area (Å²) in [6.07, 6.45) is 23.4. The van der Waals surface area contributed by atoms with E-state index < -0.39 is 0 Å². The van der Waals surface area contributed by atoms with Crippen LogP contribution in [0.25, 0.3) is 0 Å². The average Bonchev–Trinajstić information content (AvgIpc) is 2.83. The van der Waals surface area contributed by atoms with Crippen molar-refractivity contribution in [3.63, 3.8) is 0 Å². The average molecular weight is 487 g/mol. The van der Waals surface area contributed by atoms with Crippen molar-refractivity contribution in [1.82, 2.24) is 0 Å². The van der Waals surface area contributed by atoms with Crippen LogP contribution in [0, 0.1) is 6.92 Å². The normalized spacial score (nSPS) is 10.9. The Labute approximate surface area is 216 Å². The molecule has 0 heterocycles. The van der Waals surface area contributed by atoms with Gasteiger partial charge in [-0.15, -0.1) is 0 Å². The van der Waals surface area contributed by atoms with Crippen LogP contribution >= 0.6 is 0 Å². The molecule has 0 aliphatic heterocycles. The molecule has 0 fully saturated rings. The Morgan fingerprint density at radius 3 is 1.34 bits per heavy atom. The Bertz CT molecular complexity index is 687. The molecule has 1 aromatic carbocycles. The second-order valence-corrected chi connectivity index (χ2v) is 10.3. The predicted molar refractivity (Wildman–Crippen MR) is 152 cm³/mol. The fourth-order valence-electron chi connectivity index (χ4n) is 4.49. The maximum absolute atomic E-state index is 12.5. The number of unbranched alkanes of at least 4 members (excludes halogenated alkanes) is 16. The van der Waals surface area contributed by atoms with Crippen LogP contribution in [0.1, 0.15) is 148 Å². The second kappa shape index (κ2) is 21.4. The van der Waals surface area contributed by atoms with Gasteiger partial charge < -0.3 is 10.6 Å². The van der Waals surface area contributed by atoms with Crippen LogP contribution in [0.5, 0.6) is 0 Å². The summed E-state index contributed by atoms with van der Waals surface area (Å²) in [6.45, 7) is 6.50. The summed E-state index contributed by atoms with van der Waals surface area (Å²) in [7, 11) is 0. The first-order chi connectivity index (χ1) is 17.1. The first-order valence-electron chi connectivity index (χ1n) is 14.8. The molecule has 0 bridgehead atoms. The van der Waals surface area contributed by atoms with Crippen LogP contribution in [0.3, 0.4) is 0 Å². The lowest BCUT2D eigenvalue weighted by Crippen LogP contribution is -2.16. The minimum absolute atomic E-state index is 0.0336. The van der Waals surface area contributed by atoms with Gasteiger partial charge in [0.1, 0.15) is 0 Å². The van der Waals surface area contributed by atoms with Crippen LogP contribution in [0.15, 0.2) is 18.2 Å². The lowest BCUT2D eigenvalue weighted by Gasteiger charge is -2.13. The molecule has 1 rings (SSSR count). The lowest BCUT2D eigenvalue weighted by atomic mass is 10.1. The van der Waals surface area contributed by atoms with Gasteiger partial charge in [0.15, 0.2) is 0 Å². The summed E-state index contributed by atoms with van der Waals surface area (Å²) in [5, 5.41) is 6.05. The number of rotatable bonds is 22. The van der Waals surface area contributed by atoms with Crippen LogP contribution in [0.2, 0.25) is 0 Å². The maximum Gasteiger partial charge on any atom is 0.224 e. The number of amides is 2. The molecule has 0 unspecified atom stereocenters. The Morgan fingerprint density at radius 2 is 0.914 bits per heavy atom. The van der Waals surface area contributed by atoms with Gasteiger partial charge in [0.2, 0.25) is 11.8 Å². The largest absolute Gasteiger partial charge is 0.324 e. The van der Waals surface area contributed by atoms with Crippen molar-refractivity contribution in [2.75, 3.05) is 10.6 Å². The van der Waals surface area contributed by atoms with Crippen molar-refractivity contribution >= 4 is 23.2 Å². The Hall–Kier alpha value is -1.84. The van der Waals surface area contributed by atoms with Gasteiger partial charge in [-0.1, -0.05) is 123 Å². The van der Waals surface area contributed by atoms with E-state index in [9.17, 15) is 9.59 Å². The van der Waals surface area contributed by atoms with Crippen molar-refractivity contribution in [3.05, 3.63) is 23.8 Å². The maximum atomic E-state index is 12.5. The van der Waals surface area contributed by atoms with Crippen LogP contribution in [-0.2, 0) is 9.59 Å². The molecule has 4 nitrogen and oxygen atoms in total. The molecular formula is C31H54N2O2. The lowest BCUT2D eigenvalue weighted by molar-refractivity contribution is -0.117. The van der Waals surface area contributed by atoms with Gasteiger partial charge in [-0.2, -0.15) is 0 Å². The standard InChI is InChI=1S/C31H54N2O2/c1-4-6-8-10-12-14-16-18-20-22-30(34)32-28-25-24-27(3)26-29(28)33-31(35)23-21-19-17-15-13-11-9-7-5-2/h24-26H,4-23H2,1-3H3,(H,32,34)(H,33,35). The summed E-state index contributed by atoms with van der Waals surface area (Å²) < 4.78 is 0. The molecule has 2 amide bonds. The van der Waals surface area contributed by atoms with Gasteiger partial charge >= 0.3 is 0 Å². The molecule has 1 aromatic rings. The Kier molecular flexibility index (Phi) is 19.1. The van der Waals surface area contributed by atoms with E-state index in [0.29, 0.717) is 24.2 Å². The Balaban J connectivity index is 2.26. The van der Waals surface area contributed by atoms with E-state index >= 15 is 0 Å². The molecule has 35 heavy (non-hydrogen) atoms. The molecule has 0 atom stereocenters. The number of carbonyl (C=O) groups is 2. The van der Waals surface area contributed by atoms with E-state index in [1.54, 1.807) is 0 Å². The van der Waals surface area contributed by atoms with Crippen molar-refractivity contribution in [2.45, 2.75) is 149 Å². The first-order valence-corrected chi connectivity index (χ1v) is 14.8. The van der Waals surface area contributed by atoms with E-state index in [2.05, 4.69) is 24.5 Å². The predicted octanol–water partition coefficient (Wildman–Crippen LogP) is 9.71. The van der Waals surface area contributed by atoms with Crippen molar-refractivity contribution < 1.29 is 9.59 Å². The molecule has 2 N–H and O–H groups in total. The SMILES string of the molecule is CCCCCCCCCCCC(=O)Nc1ccc(C)cc1NC(=O)CCCCCCCCCCC. The van der Waals surface area contributed by atoms with Gasteiger partial charge in [-0.25, -0.2) is 0 Å². The van der Waals surface area contributed by atoms with Crippen LogP contribution in [0.4, 0.5) is 11.4 Å². The molecule has 0 aliphatic carbocycles. The number of hydrogen-bond donors (Lipinski definition) is 2. The van der Waals surface area contributed by atoms with E-state index in [1.807, 2.05) is 25.1 Å². The van der Waals surface area contributed by atoms with E-state index in [-0.39, 0.29) is 11.8 Å². The van der Waals surface area contributed by atoms with Crippen molar-refractivity contribution in [2.24, 2.45) is 0 Å². The van der Waals surface area contributed by atoms with Gasteiger partial charge in [0.25, 0.3) is 0 Å². The fraction of sp³-hybridized carbons (Fsp3) is 0.742. The van der Waals surface area contributed by atoms with Crippen LogP contribution in [-0.4, -0.2) is 11.8 Å². The smallest absolute Gasteiger partial charge is 0.224 e. The number of hydrogen-bond acceptors (Lipinski definition) is 2. The molecular weight excluding hydrogens is 432 g/mol. The zero-order valence-electron chi connectivity index (χ0n) is 23.2. The molecule has 0 aliphatic rings. The third-order valence-corrected chi connectivity index (χ3v) is 6.74.